The lowest BCUT2D eigenvalue weighted by Gasteiger charge is -2.22. The van der Waals surface area contributed by atoms with Crippen LogP contribution in [0.3, 0.4) is 0 Å². The van der Waals surface area contributed by atoms with Gasteiger partial charge in [0.2, 0.25) is 5.91 Å². The first-order valence-electron chi connectivity index (χ1n) is 6.47. The lowest BCUT2D eigenvalue weighted by atomic mass is 10.00. The molecule has 1 amide bonds. The number of rotatable bonds is 3. The van der Waals surface area contributed by atoms with E-state index in [0.29, 0.717) is 11.8 Å². The van der Waals surface area contributed by atoms with E-state index in [1.165, 1.54) is 19.3 Å². The number of carboxylic acids is 1. The Morgan fingerprint density at radius 1 is 1.18 bits per heavy atom. The van der Waals surface area contributed by atoms with Gasteiger partial charge in [-0.2, -0.15) is 0 Å². The summed E-state index contributed by atoms with van der Waals surface area (Å²) in [4.78, 5) is 23.1. The molecule has 0 saturated heterocycles. The van der Waals surface area contributed by atoms with Gasteiger partial charge in [-0.1, -0.05) is 0 Å². The fraction of sp³-hybridized carbons (Fsp3) is 0.846. The SMILES string of the molecule is CC(C)(NC(=O)C1C2C3CCC(C3)C12)C(=O)O. The first-order valence-corrected chi connectivity index (χ1v) is 6.47. The van der Waals surface area contributed by atoms with Crippen LogP contribution in [0, 0.1) is 29.6 Å². The van der Waals surface area contributed by atoms with Crippen molar-refractivity contribution in [3.63, 3.8) is 0 Å². The lowest BCUT2D eigenvalue weighted by molar-refractivity contribution is -0.146. The summed E-state index contributed by atoms with van der Waals surface area (Å²) in [5, 5.41) is 11.7. The molecule has 4 unspecified atom stereocenters. The maximum absolute atomic E-state index is 12.1. The van der Waals surface area contributed by atoms with E-state index in [2.05, 4.69) is 5.32 Å². The van der Waals surface area contributed by atoms with Crippen LogP contribution in [-0.2, 0) is 9.59 Å². The second kappa shape index (κ2) is 3.24. The second-order valence-corrected chi connectivity index (χ2v) is 6.43. The smallest absolute Gasteiger partial charge is 0.328 e. The molecule has 0 aliphatic heterocycles. The van der Waals surface area contributed by atoms with Gasteiger partial charge in [-0.05, 0) is 56.8 Å². The van der Waals surface area contributed by atoms with Crippen LogP contribution in [0.5, 0.6) is 0 Å². The Bertz CT molecular complexity index is 374. The van der Waals surface area contributed by atoms with Crippen molar-refractivity contribution in [3.8, 4) is 0 Å². The summed E-state index contributed by atoms with van der Waals surface area (Å²) in [5.41, 5.74) is -1.15. The fourth-order valence-corrected chi connectivity index (χ4v) is 4.12. The molecule has 0 aromatic carbocycles. The molecule has 3 saturated carbocycles. The molecule has 0 aromatic rings. The van der Waals surface area contributed by atoms with Crippen LogP contribution in [-0.4, -0.2) is 22.5 Å². The maximum atomic E-state index is 12.1. The van der Waals surface area contributed by atoms with Crippen LogP contribution in [0.4, 0.5) is 0 Å². The topological polar surface area (TPSA) is 66.4 Å². The number of amides is 1. The predicted molar refractivity (Wildman–Crippen MR) is 61.2 cm³/mol. The van der Waals surface area contributed by atoms with Gasteiger partial charge in [-0.15, -0.1) is 0 Å². The molecular weight excluding hydrogens is 218 g/mol. The Labute approximate surface area is 101 Å². The number of hydrogen-bond acceptors (Lipinski definition) is 2. The summed E-state index contributed by atoms with van der Waals surface area (Å²) in [6, 6.07) is 0. The van der Waals surface area contributed by atoms with Crippen LogP contribution in [0.2, 0.25) is 0 Å². The highest BCUT2D eigenvalue weighted by molar-refractivity contribution is 5.89. The minimum Gasteiger partial charge on any atom is -0.480 e. The Hall–Kier alpha value is -1.06. The minimum absolute atomic E-state index is 0.0380. The minimum atomic E-state index is -1.15. The molecule has 94 valence electrons. The maximum Gasteiger partial charge on any atom is 0.328 e. The van der Waals surface area contributed by atoms with Gasteiger partial charge in [-0.3, -0.25) is 4.79 Å². The molecule has 0 radical (unpaired) electrons. The normalized spacial score (nSPS) is 42.1. The highest BCUT2D eigenvalue weighted by Crippen LogP contribution is 2.69. The standard InChI is InChI=1S/C13H19NO3/c1-13(2,12(16)17)14-11(15)10-8-6-3-4-7(5-6)9(8)10/h6-10H,3-5H2,1-2H3,(H,14,15)(H,16,17). The van der Waals surface area contributed by atoms with E-state index in [-0.39, 0.29) is 11.8 Å². The van der Waals surface area contributed by atoms with E-state index in [0.717, 1.165) is 11.8 Å². The molecule has 4 nitrogen and oxygen atoms in total. The van der Waals surface area contributed by atoms with E-state index in [4.69, 9.17) is 5.11 Å². The molecule has 2 N–H and O–H groups in total. The third-order valence-corrected chi connectivity index (χ3v) is 5.01. The largest absolute Gasteiger partial charge is 0.480 e. The van der Waals surface area contributed by atoms with Gasteiger partial charge in [0, 0.05) is 5.92 Å². The molecule has 4 heteroatoms. The fourth-order valence-electron chi connectivity index (χ4n) is 4.12. The van der Waals surface area contributed by atoms with Crippen LogP contribution in [0.1, 0.15) is 33.1 Å². The van der Waals surface area contributed by atoms with E-state index in [1.807, 2.05) is 0 Å². The molecule has 4 atom stereocenters. The van der Waals surface area contributed by atoms with E-state index >= 15 is 0 Å². The summed E-state index contributed by atoms with van der Waals surface area (Å²) >= 11 is 0. The van der Waals surface area contributed by atoms with E-state index < -0.39 is 11.5 Å². The number of fused-ring (bicyclic) bond motifs is 5. The summed E-state index contributed by atoms with van der Waals surface area (Å²) in [7, 11) is 0. The molecule has 0 aromatic heterocycles. The van der Waals surface area contributed by atoms with E-state index in [1.54, 1.807) is 13.8 Å². The lowest BCUT2D eigenvalue weighted by Crippen LogP contribution is -2.50. The summed E-state index contributed by atoms with van der Waals surface area (Å²) in [6.45, 7) is 3.08. The molecule has 3 aliphatic rings. The van der Waals surface area contributed by atoms with Crippen molar-refractivity contribution in [2.24, 2.45) is 29.6 Å². The van der Waals surface area contributed by atoms with Crippen LogP contribution in [0.15, 0.2) is 0 Å². The first-order chi connectivity index (χ1) is 7.92. The van der Waals surface area contributed by atoms with Crippen LogP contribution >= 0.6 is 0 Å². The molecule has 17 heavy (non-hydrogen) atoms. The monoisotopic (exact) mass is 237 g/mol. The Balaban J connectivity index is 1.65. The predicted octanol–water partition coefficient (Wildman–Crippen LogP) is 1.26. The number of aliphatic carboxylic acids is 1. The van der Waals surface area contributed by atoms with Crippen molar-refractivity contribution in [1.29, 1.82) is 0 Å². The molecule has 2 bridgehead atoms. The van der Waals surface area contributed by atoms with Crippen LogP contribution in [0.25, 0.3) is 0 Å². The highest BCUT2D eigenvalue weighted by atomic mass is 16.4. The van der Waals surface area contributed by atoms with Crippen molar-refractivity contribution in [2.75, 3.05) is 0 Å². The number of carbonyl (C=O) groups is 2. The van der Waals surface area contributed by atoms with Crippen molar-refractivity contribution in [1.82, 2.24) is 5.32 Å². The van der Waals surface area contributed by atoms with Gasteiger partial charge in [0.15, 0.2) is 0 Å². The Morgan fingerprint density at radius 2 is 1.71 bits per heavy atom. The molecular formula is C13H19NO3. The molecule has 3 aliphatic carbocycles. The average molecular weight is 237 g/mol. The Morgan fingerprint density at radius 3 is 2.18 bits per heavy atom. The van der Waals surface area contributed by atoms with Crippen molar-refractivity contribution >= 4 is 11.9 Å². The average Bonchev–Trinajstić information content (AvgIpc) is 2.68. The molecule has 3 rings (SSSR count). The van der Waals surface area contributed by atoms with Crippen molar-refractivity contribution in [2.45, 2.75) is 38.6 Å². The molecule has 3 fully saturated rings. The van der Waals surface area contributed by atoms with Gasteiger partial charge < -0.3 is 10.4 Å². The van der Waals surface area contributed by atoms with Gasteiger partial charge >= 0.3 is 5.97 Å². The number of nitrogens with one attached hydrogen (secondary N) is 1. The van der Waals surface area contributed by atoms with Crippen molar-refractivity contribution in [3.05, 3.63) is 0 Å². The zero-order chi connectivity index (χ0) is 12.4. The number of carbonyl (C=O) groups excluding carboxylic acids is 1. The zero-order valence-corrected chi connectivity index (χ0v) is 10.3. The first kappa shape index (κ1) is 11.1. The molecule has 0 spiro atoms. The van der Waals surface area contributed by atoms with Crippen molar-refractivity contribution < 1.29 is 14.7 Å². The quantitative estimate of drug-likeness (QED) is 0.776. The second-order valence-electron chi connectivity index (χ2n) is 6.43. The third-order valence-electron chi connectivity index (χ3n) is 5.01. The number of hydrogen-bond donors (Lipinski definition) is 2. The molecule has 0 heterocycles. The van der Waals surface area contributed by atoms with Gasteiger partial charge in [0.1, 0.15) is 5.54 Å². The number of carboxylic acid groups (broad SMARTS) is 1. The highest BCUT2D eigenvalue weighted by Gasteiger charge is 2.67. The summed E-state index contributed by atoms with van der Waals surface area (Å²) in [5.74, 6) is 1.72. The summed E-state index contributed by atoms with van der Waals surface area (Å²) in [6.07, 6.45) is 3.86. The summed E-state index contributed by atoms with van der Waals surface area (Å²) < 4.78 is 0. The van der Waals surface area contributed by atoms with Gasteiger partial charge in [0.25, 0.3) is 0 Å². The zero-order valence-electron chi connectivity index (χ0n) is 10.3. The Kier molecular flexibility index (Phi) is 2.11. The van der Waals surface area contributed by atoms with Gasteiger partial charge in [-0.25, -0.2) is 4.79 Å². The van der Waals surface area contributed by atoms with Gasteiger partial charge in [0.05, 0.1) is 0 Å². The third kappa shape index (κ3) is 1.49. The van der Waals surface area contributed by atoms with E-state index in [9.17, 15) is 9.59 Å². The van der Waals surface area contributed by atoms with Crippen LogP contribution < -0.4 is 5.32 Å².